The number of nitrogens with one attached hydrogen (secondary N) is 1. The van der Waals surface area contributed by atoms with E-state index in [2.05, 4.69) is 21.1 Å². The minimum Gasteiger partial charge on any atom is -0.460 e. The van der Waals surface area contributed by atoms with Gasteiger partial charge in [0.1, 0.15) is 0 Å². The number of terminal acetylenes is 1. The molecule has 1 aliphatic rings. The lowest BCUT2D eigenvalue weighted by molar-refractivity contribution is -0.117. The fourth-order valence-corrected chi connectivity index (χ4v) is 1.68. The molecule has 0 spiro atoms. The molecule has 94 valence electrons. The predicted molar refractivity (Wildman–Crippen MR) is 61.6 cm³/mol. The minimum absolute atomic E-state index is 0.0243. The van der Waals surface area contributed by atoms with Gasteiger partial charge >= 0.3 is 5.97 Å². The van der Waals surface area contributed by atoms with Gasteiger partial charge in [0, 0.05) is 18.9 Å². The first kappa shape index (κ1) is 12.1. The lowest BCUT2D eigenvalue weighted by atomic mass is 10.1. The van der Waals surface area contributed by atoms with Gasteiger partial charge < -0.3 is 4.74 Å². The zero-order chi connectivity index (χ0) is 13.1. The maximum atomic E-state index is 11.7. The highest BCUT2D eigenvalue weighted by molar-refractivity contribution is 5.95. The Morgan fingerprint density at radius 1 is 1.72 bits per heavy atom. The van der Waals surface area contributed by atoms with Crippen molar-refractivity contribution in [1.82, 2.24) is 15.2 Å². The van der Waals surface area contributed by atoms with Crippen LogP contribution in [0.5, 0.6) is 0 Å². The number of esters is 1. The second-order valence-electron chi connectivity index (χ2n) is 3.78. The summed E-state index contributed by atoms with van der Waals surface area (Å²) in [5.74, 6) is 1.77. The van der Waals surface area contributed by atoms with Crippen molar-refractivity contribution in [2.24, 2.45) is 5.92 Å². The van der Waals surface area contributed by atoms with Crippen LogP contribution in [0.2, 0.25) is 0 Å². The molecule has 1 atom stereocenters. The average molecular weight is 248 g/mol. The van der Waals surface area contributed by atoms with Crippen molar-refractivity contribution in [2.75, 3.05) is 18.1 Å². The molecule has 0 bridgehead atoms. The maximum Gasteiger partial charge on any atom is 0.375 e. The molecule has 0 radical (unpaired) electrons. The molecule has 1 unspecified atom stereocenters. The maximum absolute atomic E-state index is 11.7. The molecule has 0 aliphatic carbocycles. The van der Waals surface area contributed by atoms with Gasteiger partial charge in [-0.15, -0.1) is 17.4 Å². The molecule has 0 aromatic carbocycles. The van der Waals surface area contributed by atoms with Gasteiger partial charge in [-0.05, 0) is 6.92 Å². The minimum atomic E-state index is -0.601. The number of H-pyrrole nitrogens is 1. The zero-order valence-corrected chi connectivity index (χ0v) is 9.84. The summed E-state index contributed by atoms with van der Waals surface area (Å²) < 4.78 is 4.76. The normalized spacial score (nSPS) is 18.8. The van der Waals surface area contributed by atoms with Gasteiger partial charge in [0.05, 0.1) is 6.61 Å². The molecule has 1 amide bonds. The first-order valence-corrected chi connectivity index (χ1v) is 5.51. The molecule has 7 heteroatoms. The van der Waals surface area contributed by atoms with Crippen molar-refractivity contribution in [3.63, 3.8) is 0 Å². The Labute approximate surface area is 104 Å². The van der Waals surface area contributed by atoms with Crippen molar-refractivity contribution in [3.8, 4) is 12.3 Å². The van der Waals surface area contributed by atoms with E-state index in [1.807, 2.05) is 0 Å². The third-order valence-corrected chi connectivity index (χ3v) is 2.54. The van der Waals surface area contributed by atoms with Crippen LogP contribution in [0, 0.1) is 18.3 Å². The van der Waals surface area contributed by atoms with E-state index in [9.17, 15) is 9.59 Å². The molecular weight excluding hydrogens is 236 g/mol. The zero-order valence-electron chi connectivity index (χ0n) is 9.84. The molecule has 1 fully saturated rings. The number of amides is 1. The lowest BCUT2D eigenvalue weighted by Gasteiger charge is -2.09. The van der Waals surface area contributed by atoms with E-state index in [0.717, 1.165) is 0 Å². The standard InChI is InChI=1S/C11H12N4O3/c1-3-7-5-8(16)15(6-7)11-12-9(13-14-11)10(17)18-4-2/h1,7H,4-6H2,2H3,(H,12,13,14). The van der Waals surface area contributed by atoms with Crippen LogP contribution in [0.1, 0.15) is 24.0 Å². The van der Waals surface area contributed by atoms with E-state index in [4.69, 9.17) is 11.2 Å². The van der Waals surface area contributed by atoms with E-state index in [0.29, 0.717) is 6.54 Å². The smallest absolute Gasteiger partial charge is 0.375 e. The summed E-state index contributed by atoms with van der Waals surface area (Å²) in [6.07, 6.45) is 5.56. The Bertz CT molecular complexity index is 517. The number of hydrogen-bond acceptors (Lipinski definition) is 5. The molecule has 7 nitrogen and oxygen atoms in total. The van der Waals surface area contributed by atoms with Gasteiger partial charge in [-0.3, -0.25) is 14.8 Å². The molecular formula is C11H12N4O3. The molecule has 1 saturated heterocycles. The number of ether oxygens (including phenoxy) is 1. The number of hydrogen-bond donors (Lipinski definition) is 1. The fraction of sp³-hybridized carbons (Fsp3) is 0.455. The third-order valence-electron chi connectivity index (χ3n) is 2.54. The second-order valence-corrected chi connectivity index (χ2v) is 3.78. The van der Waals surface area contributed by atoms with Crippen LogP contribution in [0.15, 0.2) is 0 Å². The molecule has 0 saturated carbocycles. The first-order chi connectivity index (χ1) is 8.65. The quantitative estimate of drug-likeness (QED) is 0.599. The van der Waals surface area contributed by atoms with E-state index in [1.54, 1.807) is 6.92 Å². The molecule has 2 heterocycles. The van der Waals surface area contributed by atoms with Crippen LogP contribution in [-0.4, -0.2) is 40.2 Å². The Balaban J connectivity index is 2.14. The summed E-state index contributed by atoms with van der Waals surface area (Å²) in [5.41, 5.74) is 0. The highest BCUT2D eigenvalue weighted by Gasteiger charge is 2.32. The SMILES string of the molecule is C#CC1CC(=O)N(c2n[nH]c(C(=O)OCC)n2)C1. The largest absolute Gasteiger partial charge is 0.460 e. The van der Waals surface area contributed by atoms with Gasteiger partial charge in [0.2, 0.25) is 11.7 Å². The Morgan fingerprint density at radius 2 is 2.50 bits per heavy atom. The highest BCUT2D eigenvalue weighted by atomic mass is 16.5. The van der Waals surface area contributed by atoms with Crippen molar-refractivity contribution in [3.05, 3.63) is 5.82 Å². The van der Waals surface area contributed by atoms with E-state index in [-0.39, 0.29) is 36.6 Å². The number of aromatic amines is 1. The monoisotopic (exact) mass is 248 g/mol. The second kappa shape index (κ2) is 4.87. The molecule has 1 aromatic rings. The average Bonchev–Trinajstić information content (AvgIpc) is 2.95. The molecule has 2 rings (SSSR count). The first-order valence-electron chi connectivity index (χ1n) is 5.51. The van der Waals surface area contributed by atoms with E-state index < -0.39 is 5.97 Å². The Hall–Kier alpha value is -2.36. The Kier molecular flexibility index (Phi) is 3.28. The summed E-state index contributed by atoms with van der Waals surface area (Å²) in [6.45, 7) is 2.31. The van der Waals surface area contributed by atoms with E-state index >= 15 is 0 Å². The van der Waals surface area contributed by atoms with Crippen LogP contribution >= 0.6 is 0 Å². The van der Waals surface area contributed by atoms with Crippen LogP contribution in [-0.2, 0) is 9.53 Å². The molecule has 18 heavy (non-hydrogen) atoms. The van der Waals surface area contributed by atoms with Gasteiger partial charge in [-0.25, -0.2) is 4.79 Å². The van der Waals surface area contributed by atoms with Crippen molar-refractivity contribution in [1.29, 1.82) is 0 Å². The third kappa shape index (κ3) is 2.18. The number of anilines is 1. The van der Waals surface area contributed by atoms with Crippen molar-refractivity contribution < 1.29 is 14.3 Å². The van der Waals surface area contributed by atoms with Crippen LogP contribution in [0.3, 0.4) is 0 Å². The summed E-state index contributed by atoms with van der Waals surface area (Å²) in [6, 6.07) is 0. The van der Waals surface area contributed by atoms with Crippen molar-refractivity contribution in [2.45, 2.75) is 13.3 Å². The van der Waals surface area contributed by atoms with Gasteiger partial charge in [-0.2, -0.15) is 4.98 Å². The van der Waals surface area contributed by atoms with Gasteiger partial charge in [0.15, 0.2) is 0 Å². The molecule has 1 aromatic heterocycles. The molecule has 1 N–H and O–H groups in total. The van der Waals surface area contributed by atoms with Gasteiger partial charge in [0.25, 0.3) is 5.95 Å². The predicted octanol–water partition coefficient (Wildman–Crippen LogP) is -0.0325. The lowest BCUT2D eigenvalue weighted by Crippen LogP contribution is -2.25. The van der Waals surface area contributed by atoms with Crippen LogP contribution < -0.4 is 4.90 Å². The summed E-state index contributed by atoms with van der Waals surface area (Å²) in [4.78, 5) is 28.3. The highest BCUT2D eigenvalue weighted by Crippen LogP contribution is 2.21. The summed E-state index contributed by atoms with van der Waals surface area (Å²) in [5, 5.41) is 6.26. The van der Waals surface area contributed by atoms with Gasteiger partial charge in [-0.1, -0.05) is 0 Å². The summed E-state index contributed by atoms with van der Waals surface area (Å²) >= 11 is 0. The van der Waals surface area contributed by atoms with Crippen LogP contribution in [0.25, 0.3) is 0 Å². The number of carbonyl (C=O) groups is 2. The summed E-state index contributed by atoms with van der Waals surface area (Å²) in [7, 11) is 0. The van der Waals surface area contributed by atoms with E-state index in [1.165, 1.54) is 4.90 Å². The number of rotatable bonds is 3. The van der Waals surface area contributed by atoms with Crippen molar-refractivity contribution >= 4 is 17.8 Å². The fourth-order valence-electron chi connectivity index (χ4n) is 1.68. The number of nitrogens with zero attached hydrogens (tertiary/aromatic N) is 3. The Morgan fingerprint density at radius 3 is 3.11 bits per heavy atom. The molecule has 1 aliphatic heterocycles. The van der Waals surface area contributed by atoms with Crippen LogP contribution in [0.4, 0.5) is 5.95 Å². The number of aromatic nitrogens is 3. The topological polar surface area (TPSA) is 88.2 Å². The number of carbonyl (C=O) groups excluding carboxylic acids is 2.